The fourth-order valence-electron chi connectivity index (χ4n) is 1.23. The summed E-state index contributed by atoms with van der Waals surface area (Å²) >= 11 is 0. The largest absolute Gasteiger partial charge is 0.240 e. The van der Waals surface area contributed by atoms with E-state index in [4.69, 9.17) is 5.14 Å². The summed E-state index contributed by atoms with van der Waals surface area (Å²) < 4.78 is 48.6. The molecule has 6 nitrogen and oxygen atoms in total. The van der Waals surface area contributed by atoms with Gasteiger partial charge >= 0.3 is 0 Å². The monoisotopic (exact) mass is 292 g/mol. The number of hydrogen-bond acceptors (Lipinski definition) is 4. The van der Waals surface area contributed by atoms with Crippen LogP contribution in [-0.2, 0) is 20.0 Å². The van der Waals surface area contributed by atoms with E-state index in [2.05, 4.69) is 4.72 Å². The van der Waals surface area contributed by atoms with Crippen LogP contribution in [0.2, 0.25) is 0 Å². The molecule has 1 rings (SSSR count). The predicted octanol–water partition coefficient (Wildman–Crippen LogP) is 0.411. The Bertz CT molecular complexity index is 623. The van der Waals surface area contributed by atoms with Crippen LogP contribution in [0.1, 0.15) is 20.3 Å². The first-order valence-electron chi connectivity index (χ1n) is 5.32. The van der Waals surface area contributed by atoms with Gasteiger partial charge in [0.1, 0.15) is 0 Å². The van der Waals surface area contributed by atoms with E-state index in [-0.39, 0.29) is 15.8 Å². The Balaban J connectivity index is 3.19. The lowest BCUT2D eigenvalue weighted by Crippen LogP contribution is -2.32. The summed E-state index contributed by atoms with van der Waals surface area (Å²) in [6, 6.07) is 4.72. The number of rotatable bonds is 5. The van der Waals surface area contributed by atoms with Gasteiger partial charge in [0.25, 0.3) is 0 Å². The number of primary sulfonamides is 1. The Hall–Kier alpha value is -0.960. The van der Waals surface area contributed by atoms with Crippen molar-refractivity contribution < 1.29 is 16.8 Å². The predicted molar refractivity (Wildman–Crippen MR) is 67.9 cm³/mol. The minimum absolute atomic E-state index is 0.116. The molecule has 0 aliphatic carbocycles. The molecule has 3 N–H and O–H groups in total. The van der Waals surface area contributed by atoms with Gasteiger partial charge in [-0.15, -0.1) is 0 Å². The third-order valence-electron chi connectivity index (χ3n) is 2.41. The van der Waals surface area contributed by atoms with Crippen molar-refractivity contribution in [2.24, 2.45) is 5.14 Å². The highest BCUT2D eigenvalue weighted by atomic mass is 32.2. The van der Waals surface area contributed by atoms with Gasteiger partial charge in [-0.2, -0.15) is 0 Å². The molecule has 102 valence electrons. The van der Waals surface area contributed by atoms with E-state index in [1.165, 1.54) is 18.2 Å². The molecule has 0 saturated carbocycles. The van der Waals surface area contributed by atoms with Crippen LogP contribution >= 0.6 is 0 Å². The van der Waals surface area contributed by atoms with Gasteiger partial charge in [0.05, 0.1) is 9.79 Å². The first-order valence-corrected chi connectivity index (χ1v) is 8.35. The van der Waals surface area contributed by atoms with E-state index in [0.717, 1.165) is 6.07 Å². The lowest BCUT2D eigenvalue weighted by molar-refractivity contribution is 0.555. The molecule has 0 spiro atoms. The zero-order valence-electron chi connectivity index (χ0n) is 10.1. The van der Waals surface area contributed by atoms with Crippen molar-refractivity contribution in [3.63, 3.8) is 0 Å². The van der Waals surface area contributed by atoms with Crippen LogP contribution < -0.4 is 9.86 Å². The van der Waals surface area contributed by atoms with E-state index in [1.54, 1.807) is 6.92 Å². The lowest BCUT2D eigenvalue weighted by atomic mass is 10.3. The molecule has 0 aliphatic heterocycles. The minimum Gasteiger partial charge on any atom is -0.225 e. The second kappa shape index (κ2) is 5.35. The Morgan fingerprint density at radius 3 is 2.28 bits per heavy atom. The highest BCUT2D eigenvalue weighted by Crippen LogP contribution is 2.15. The summed E-state index contributed by atoms with van der Waals surface area (Å²) in [6.45, 7) is 3.56. The summed E-state index contributed by atoms with van der Waals surface area (Å²) in [5.41, 5.74) is 0. The molecule has 0 heterocycles. The average Bonchev–Trinajstić information content (AvgIpc) is 2.27. The maximum absolute atomic E-state index is 11.9. The summed E-state index contributed by atoms with van der Waals surface area (Å²) in [6.07, 6.45) is 0.633. The zero-order chi connectivity index (χ0) is 14.0. The van der Waals surface area contributed by atoms with Crippen LogP contribution in [0.3, 0.4) is 0 Å². The smallest absolute Gasteiger partial charge is 0.225 e. The third-order valence-corrected chi connectivity index (χ3v) is 4.91. The molecule has 0 aliphatic rings. The zero-order valence-corrected chi connectivity index (χ0v) is 11.8. The van der Waals surface area contributed by atoms with Crippen molar-refractivity contribution in [1.29, 1.82) is 0 Å². The fourth-order valence-corrected chi connectivity index (χ4v) is 3.24. The van der Waals surface area contributed by atoms with E-state index < -0.39 is 20.0 Å². The second-order valence-electron chi connectivity index (χ2n) is 3.95. The summed E-state index contributed by atoms with van der Waals surface area (Å²) in [5, 5.41) is 4.95. The molecule has 0 saturated heterocycles. The summed E-state index contributed by atoms with van der Waals surface area (Å²) in [4.78, 5) is -0.344. The number of benzene rings is 1. The quantitative estimate of drug-likeness (QED) is 0.819. The van der Waals surface area contributed by atoms with Gasteiger partial charge in [0.2, 0.25) is 20.0 Å². The van der Waals surface area contributed by atoms with E-state index in [0.29, 0.717) is 6.42 Å². The van der Waals surface area contributed by atoms with Crippen LogP contribution in [0.25, 0.3) is 0 Å². The van der Waals surface area contributed by atoms with Crippen molar-refractivity contribution in [3.05, 3.63) is 24.3 Å². The van der Waals surface area contributed by atoms with E-state index in [1.807, 2.05) is 6.92 Å². The first kappa shape index (κ1) is 15.1. The third kappa shape index (κ3) is 3.77. The van der Waals surface area contributed by atoms with Crippen molar-refractivity contribution >= 4 is 20.0 Å². The highest BCUT2D eigenvalue weighted by Gasteiger charge is 2.18. The molecule has 0 aromatic heterocycles. The lowest BCUT2D eigenvalue weighted by Gasteiger charge is -2.12. The summed E-state index contributed by atoms with van der Waals surface area (Å²) in [5.74, 6) is 0. The van der Waals surface area contributed by atoms with Gasteiger partial charge in [-0.05, 0) is 31.5 Å². The number of hydrogen-bond donors (Lipinski definition) is 2. The van der Waals surface area contributed by atoms with Crippen LogP contribution in [0.15, 0.2) is 34.1 Å². The molecule has 1 atom stereocenters. The molecule has 8 heteroatoms. The molecule has 0 radical (unpaired) electrons. The molecular weight excluding hydrogens is 276 g/mol. The van der Waals surface area contributed by atoms with Gasteiger partial charge < -0.3 is 0 Å². The molecule has 0 bridgehead atoms. The van der Waals surface area contributed by atoms with Crippen molar-refractivity contribution in [2.75, 3.05) is 0 Å². The van der Waals surface area contributed by atoms with Crippen LogP contribution in [0.5, 0.6) is 0 Å². The summed E-state index contributed by atoms with van der Waals surface area (Å²) in [7, 11) is -7.64. The van der Waals surface area contributed by atoms with Gasteiger partial charge in [-0.1, -0.05) is 13.0 Å². The molecular formula is C10H16N2O4S2. The molecule has 18 heavy (non-hydrogen) atoms. The Labute approximate surface area is 107 Å². The standard InChI is InChI=1S/C10H16N2O4S2/c1-3-8(2)12-18(15,16)10-6-4-5-9(7-10)17(11,13)14/h4-8,12H,3H2,1-2H3,(H2,11,13,14). The Morgan fingerprint density at radius 2 is 1.78 bits per heavy atom. The number of nitrogens with one attached hydrogen (secondary N) is 1. The average molecular weight is 292 g/mol. The van der Waals surface area contributed by atoms with Crippen LogP contribution in [-0.4, -0.2) is 22.9 Å². The Morgan fingerprint density at radius 1 is 1.22 bits per heavy atom. The Kier molecular flexibility index (Phi) is 4.49. The topological polar surface area (TPSA) is 106 Å². The van der Waals surface area contributed by atoms with Gasteiger partial charge in [0, 0.05) is 6.04 Å². The minimum atomic E-state index is -3.91. The van der Waals surface area contributed by atoms with Crippen LogP contribution in [0.4, 0.5) is 0 Å². The molecule has 1 unspecified atom stereocenters. The van der Waals surface area contributed by atoms with Crippen molar-refractivity contribution in [2.45, 2.75) is 36.1 Å². The fraction of sp³-hybridized carbons (Fsp3) is 0.400. The second-order valence-corrected chi connectivity index (χ2v) is 7.23. The molecule has 1 aromatic rings. The normalized spacial score (nSPS) is 14.4. The molecule has 1 aromatic carbocycles. The maximum atomic E-state index is 11.9. The molecule has 0 amide bonds. The van der Waals surface area contributed by atoms with Crippen LogP contribution in [0, 0.1) is 0 Å². The SMILES string of the molecule is CCC(C)NS(=O)(=O)c1cccc(S(N)(=O)=O)c1. The number of sulfonamides is 2. The van der Waals surface area contributed by atoms with Gasteiger partial charge in [-0.3, -0.25) is 0 Å². The maximum Gasteiger partial charge on any atom is 0.240 e. The van der Waals surface area contributed by atoms with E-state index >= 15 is 0 Å². The van der Waals surface area contributed by atoms with Crippen molar-refractivity contribution in [1.82, 2.24) is 4.72 Å². The highest BCUT2D eigenvalue weighted by molar-refractivity contribution is 7.90. The van der Waals surface area contributed by atoms with Gasteiger partial charge in [-0.25, -0.2) is 26.7 Å². The first-order chi connectivity index (χ1) is 8.16. The van der Waals surface area contributed by atoms with Crippen molar-refractivity contribution in [3.8, 4) is 0 Å². The molecule has 0 fully saturated rings. The number of nitrogens with two attached hydrogens (primary N) is 1. The van der Waals surface area contributed by atoms with Gasteiger partial charge in [0.15, 0.2) is 0 Å². The van der Waals surface area contributed by atoms with E-state index in [9.17, 15) is 16.8 Å².